The van der Waals surface area contributed by atoms with Crippen LogP contribution < -0.4 is 10.1 Å². The lowest BCUT2D eigenvalue weighted by molar-refractivity contribution is -0.134. The maximum Gasteiger partial charge on any atom is 0.260 e. The van der Waals surface area contributed by atoms with Gasteiger partial charge in [-0.25, -0.2) is 8.78 Å². The molecule has 8 heteroatoms. The van der Waals surface area contributed by atoms with Gasteiger partial charge in [0, 0.05) is 24.7 Å². The Hall–Kier alpha value is -2.67. The van der Waals surface area contributed by atoms with Gasteiger partial charge < -0.3 is 15.0 Å². The number of hydrogen-bond acceptors (Lipinski definition) is 3. The van der Waals surface area contributed by atoms with E-state index in [1.54, 1.807) is 4.90 Å². The number of likely N-dealkylation sites (tertiary alicyclic amines) is 1. The number of amides is 2. The van der Waals surface area contributed by atoms with E-state index < -0.39 is 11.6 Å². The number of halogens is 3. The lowest BCUT2D eigenvalue weighted by Gasteiger charge is -2.32. The fourth-order valence-corrected chi connectivity index (χ4v) is 3.19. The zero-order valence-corrected chi connectivity index (χ0v) is 15.7. The van der Waals surface area contributed by atoms with E-state index in [9.17, 15) is 18.4 Å². The highest BCUT2D eigenvalue weighted by molar-refractivity contribution is 6.32. The van der Waals surface area contributed by atoms with Crippen molar-refractivity contribution in [3.63, 3.8) is 0 Å². The van der Waals surface area contributed by atoms with Crippen molar-refractivity contribution in [2.45, 2.75) is 18.9 Å². The van der Waals surface area contributed by atoms with E-state index in [1.807, 2.05) is 0 Å². The Balaban J connectivity index is 1.44. The Kier molecular flexibility index (Phi) is 6.46. The highest BCUT2D eigenvalue weighted by atomic mass is 35.5. The first kappa shape index (κ1) is 20.1. The van der Waals surface area contributed by atoms with Gasteiger partial charge in [-0.15, -0.1) is 0 Å². The number of carbonyl (C=O) groups excluding carboxylic acids is 2. The second-order valence-corrected chi connectivity index (χ2v) is 6.91. The van der Waals surface area contributed by atoms with Crippen molar-refractivity contribution in [2.24, 2.45) is 0 Å². The van der Waals surface area contributed by atoms with Gasteiger partial charge in [0.25, 0.3) is 11.8 Å². The Morgan fingerprint density at radius 2 is 1.71 bits per heavy atom. The summed E-state index contributed by atoms with van der Waals surface area (Å²) in [7, 11) is 0. The van der Waals surface area contributed by atoms with Crippen molar-refractivity contribution in [3.8, 4) is 5.75 Å². The maximum absolute atomic E-state index is 13.0. The smallest absolute Gasteiger partial charge is 0.260 e. The summed E-state index contributed by atoms with van der Waals surface area (Å²) in [5, 5.41) is 3.01. The Morgan fingerprint density at radius 3 is 2.36 bits per heavy atom. The average Bonchev–Trinajstić information content (AvgIpc) is 2.68. The number of nitrogens with one attached hydrogen (secondary N) is 1. The number of rotatable bonds is 5. The molecule has 1 aliphatic heterocycles. The number of piperidine rings is 1. The standard InChI is InChI=1S/C20H19ClF2N2O3/c21-17-11-15(23)5-6-18(17)28-12-19(26)25-9-7-16(8-10-25)24-20(27)13-1-3-14(22)4-2-13/h1-6,11,16H,7-10,12H2,(H,24,27). The van der Waals surface area contributed by atoms with E-state index in [4.69, 9.17) is 16.3 Å². The molecule has 0 aliphatic carbocycles. The summed E-state index contributed by atoms with van der Waals surface area (Å²) in [6.07, 6.45) is 1.21. The lowest BCUT2D eigenvalue weighted by Crippen LogP contribution is -2.47. The fourth-order valence-electron chi connectivity index (χ4n) is 2.97. The van der Waals surface area contributed by atoms with E-state index in [1.165, 1.54) is 36.4 Å². The van der Waals surface area contributed by atoms with E-state index in [2.05, 4.69) is 5.32 Å². The van der Waals surface area contributed by atoms with Crippen LogP contribution >= 0.6 is 11.6 Å². The fraction of sp³-hybridized carbons (Fsp3) is 0.300. The molecule has 0 spiro atoms. The van der Waals surface area contributed by atoms with Crippen LogP contribution in [-0.4, -0.2) is 42.5 Å². The van der Waals surface area contributed by atoms with E-state index in [-0.39, 0.29) is 35.2 Å². The molecule has 0 unspecified atom stereocenters. The molecular formula is C20H19ClF2N2O3. The first-order valence-electron chi connectivity index (χ1n) is 8.84. The minimum atomic E-state index is -0.478. The van der Waals surface area contributed by atoms with Crippen LogP contribution in [0.5, 0.6) is 5.75 Å². The molecule has 0 bridgehead atoms. The minimum absolute atomic E-state index is 0.0611. The molecule has 2 amide bonds. The second-order valence-electron chi connectivity index (χ2n) is 6.50. The second kappa shape index (κ2) is 9.01. The van der Waals surface area contributed by atoms with Crippen molar-refractivity contribution in [1.29, 1.82) is 0 Å². The molecule has 5 nitrogen and oxygen atoms in total. The van der Waals surface area contributed by atoms with Crippen LogP contribution in [0.2, 0.25) is 5.02 Å². The van der Waals surface area contributed by atoms with Gasteiger partial charge in [-0.3, -0.25) is 9.59 Å². The van der Waals surface area contributed by atoms with Gasteiger partial charge in [0.1, 0.15) is 17.4 Å². The molecule has 2 aromatic rings. The van der Waals surface area contributed by atoms with Gasteiger partial charge in [0.2, 0.25) is 0 Å². The summed E-state index contributed by atoms with van der Waals surface area (Å²) in [6, 6.07) is 8.99. The van der Waals surface area contributed by atoms with E-state index in [0.717, 1.165) is 6.07 Å². The normalized spacial score (nSPS) is 14.6. The average molecular weight is 409 g/mol. The van der Waals surface area contributed by atoms with Crippen LogP contribution in [0.15, 0.2) is 42.5 Å². The zero-order chi connectivity index (χ0) is 20.1. The van der Waals surface area contributed by atoms with E-state index in [0.29, 0.717) is 31.5 Å². The Bertz CT molecular complexity index is 853. The van der Waals surface area contributed by atoms with Gasteiger partial charge in [0.15, 0.2) is 6.61 Å². The number of benzene rings is 2. The molecule has 1 saturated heterocycles. The predicted octanol–water partition coefficient (Wildman–Crippen LogP) is 3.42. The number of carbonyl (C=O) groups is 2. The molecule has 2 aromatic carbocycles. The van der Waals surface area contributed by atoms with Crippen molar-refractivity contribution < 1.29 is 23.1 Å². The zero-order valence-electron chi connectivity index (χ0n) is 15.0. The summed E-state index contributed by atoms with van der Waals surface area (Å²) in [5.41, 5.74) is 0.393. The maximum atomic E-state index is 13.0. The first-order chi connectivity index (χ1) is 13.4. The van der Waals surface area contributed by atoms with Crippen molar-refractivity contribution in [2.75, 3.05) is 19.7 Å². The van der Waals surface area contributed by atoms with Gasteiger partial charge in [-0.1, -0.05) is 11.6 Å². The highest BCUT2D eigenvalue weighted by Crippen LogP contribution is 2.25. The van der Waals surface area contributed by atoms with E-state index >= 15 is 0 Å². The monoisotopic (exact) mass is 408 g/mol. The van der Waals surface area contributed by atoms with Gasteiger partial charge in [-0.05, 0) is 55.3 Å². The first-order valence-corrected chi connectivity index (χ1v) is 9.22. The molecule has 1 N–H and O–H groups in total. The highest BCUT2D eigenvalue weighted by Gasteiger charge is 2.24. The van der Waals surface area contributed by atoms with Crippen molar-refractivity contribution in [3.05, 3.63) is 64.7 Å². The van der Waals surface area contributed by atoms with Crippen LogP contribution in [-0.2, 0) is 4.79 Å². The van der Waals surface area contributed by atoms with Gasteiger partial charge in [-0.2, -0.15) is 0 Å². The molecule has 3 rings (SSSR count). The molecule has 0 radical (unpaired) electrons. The number of hydrogen-bond donors (Lipinski definition) is 1. The Labute approximate surface area is 166 Å². The third kappa shape index (κ3) is 5.19. The summed E-state index contributed by atoms with van der Waals surface area (Å²) >= 11 is 5.87. The molecule has 0 atom stereocenters. The molecule has 1 fully saturated rings. The predicted molar refractivity (Wildman–Crippen MR) is 100 cm³/mol. The SMILES string of the molecule is O=C(NC1CCN(C(=O)COc2ccc(F)cc2Cl)CC1)c1ccc(F)cc1. The molecule has 148 valence electrons. The summed E-state index contributed by atoms with van der Waals surface area (Å²) < 4.78 is 31.3. The summed E-state index contributed by atoms with van der Waals surface area (Å²) in [6.45, 7) is 0.763. The number of ether oxygens (including phenoxy) is 1. The minimum Gasteiger partial charge on any atom is -0.482 e. The molecule has 1 heterocycles. The van der Waals surface area contributed by atoms with Crippen LogP contribution in [0.3, 0.4) is 0 Å². The van der Waals surface area contributed by atoms with Gasteiger partial charge in [0.05, 0.1) is 5.02 Å². The summed E-state index contributed by atoms with van der Waals surface area (Å²) in [4.78, 5) is 26.1. The third-order valence-electron chi connectivity index (χ3n) is 4.53. The molecule has 0 aromatic heterocycles. The summed E-state index contributed by atoms with van der Waals surface area (Å²) in [5.74, 6) is -1.10. The molecular weight excluding hydrogens is 390 g/mol. The third-order valence-corrected chi connectivity index (χ3v) is 4.83. The Morgan fingerprint density at radius 1 is 1.07 bits per heavy atom. The molecule has 1 aliphatic rings. The number of nitrogens with zero attached hydrogens (tertiary/aromatic N) is 1. The topological polar surface area (TPSA) is 58.6 Å². The quantitative estimate of drug-likeness (QED) is 0.824. The van der Waals surface area contributed by atoms with Crippen molar-refractivity contribution in [1.82, 2.24) is 10.2 Å². The molecule has 28 heavy (non-hydrogen) atoms. The van der Waals surface area contributed by atoms with Crippen LogP contribution in [0, 0.1) is 11.6 Å². The van der Waals surface area contributed by atoms with Crippen LogP contribution in [0.25, 0.3) is 0 Å². The van der Waals surface area contributed by atoms with Gasteiger partial charge >= 0.3 is 0 Å². The largest absolute Gasteiger partial charge is 0.482 e. The molecule has 0 saturated carbocycles. The van der Waals surface area contributed by atoms with Crippen LogP contribution in [0.1, 0.15) is 23.2 Å². The lowest BCUT2D eigenvalue weighted by atomic mass is 10.0. The van der Waals surface area contributed by atoms with Crippen molar-refractivity contribution >= 4 is 23.4 Å². The van der Waals surface area contributed by atoms with Crippen LogP contribution in [0.4, 0.5) is 8.78 Å².